The van der Waals surface area contributed by atoms with Crippen LogP contribution in [0.15, 0.2) is 55.0 Å². The van der Waals surface area contributed by atoms with Crippen molar-refractivity contribution in [3.8, 4) is 11.3 Å². The van der Waals surface area contributed by atoms with Gasteiger partial charge in [-0.3, -0.25) is 14.1 Å². The quantitative estimate of drug-likeness (QED) is 0.431. The van der Waals surface area contributed by atoms with Crippen LogP contribution in [0.1, 0.15) is 41.5 Å². The SMILES string of the molecule is Cc1cc(C2CC2)cc(Cc2nnc3cc(-c4ccnc(Nc5ccnn5C)n4)ccn23)n1. The van der Waals surface area contributed by atoms with E-state index < -0.39 is 0 Å². The average molecular weight is 438 g/mol. The second-order valence-corrected chi connectivity index (χ2v) is 8.47. The first-order chi connectivity index (χ1) is 16.1. The molecule has 0 amide bonds. The van der Waals surface area contributed by atoms with Crippen molar-refractivity contribution in [3.05, 3.63) is 77.8 Å². The Hall–Kier alpha value is -4.14. The van der Waals surface area contributed by atoms with E-state index in [4.69, 9.17) is 4.98 Å². The van der Waals surface area contributed by atoms with Gasteiger partial charge in [-0.2, -0.15) is 5.10 Å². The van der Waals surface area contributed by atoms with E-state index >= 15 is 0 Å². The number of anilines is 2. The van der Waals surface area contributed by atoms with E-state index in [1.54, 1.807) is 17.1 Å². The Morgan fingerprint density at radius 2 is 1.94 bits per heavy atom. The van der Waals surface area contributed by atoms with Crippen LogP contribution in [-0.4, -0.2) is 39.3 Å². The first-order valence-corrected chi connectivity index (χ1v) is 11.0. The number of aryl methyl sites for hydroxylation is 2. The monoisotopic (exact) mass is 437 g/mol. The standard InChI is InChI=1S/C24H23N9/c1-15-11-18(16-3-4-16)12-19(27-15)14-23-31-30-22-13-17(7-10-33(22)23)20-5-8-25-24(28-20)29-21-6-9-26-32(21)2/h5-13,16H,3-4,14H2,1-2H3,(H,25,28,29). The van der Waals surface area contributed by atoms with Crippen molar-refractivity contribution in [2.75, 3.05) is 5.32 Å². The third kappa shape index (κ3) is 3.93. The van der Waals surface area contributed by atoms with Crippen LogP contribution in [0.5, 0.6) is 0 Å². The molecule has 0 saturated heterocycles. The molecule has 0 radical (unpaired) electrons. The Morgan fingerprint density at radius 3 is 2.76 bits per heavy atom. The molecule has 6 rings (SSSR count). The van der Waals surface area contributed by atoms with Gasteiger partial charge in [-0.25, -0.2) is 9.97 Å². The molecule has 164 valence electrons. The Balaban J connectivity index is 1.27. The summed E-state index contributed by atoms with van der Waals surface area (Å²) >= 11 is 0. The zero-order valence-electron chi connectivity index (χ0n) is 18.5. The third-order valence-electron chi connectivity index (χ3n) is 5.91. The fourth-order valence-electron chi connectivity index (χ4n) is 4.08. The van der Waals surface area contributed by atoms with Crippen molar-refractivity contribution >= 4 is 17.4 Å². The molecule has 1 saturated carbocycles. The minimum atomic E-state index is 0.509. The second kappa shape index (κ2) is 7.77. The molecule has 5 aromatic heterocycles. The minimum Gasteiger partial charge on any atom is -0.309 e. The fraction of sp³-hybridized carbons (Fsp3) is 0.250. The minimum absolute atomic E-state index is 0.509. The molecule has 1 aliphatic rings. The smallest absolute Gasteiger partial charge is 0.228 e. The highest BCUT2D eigenvalue weighted by molar-refractivity contribution is 5.65. The number of fused-ring (bicyclic) bond motifs is 1. The highest BCUT2D eigenvalue weighted by Crippen LogP contribution is 2.40. The molecule has 1 fully saturated rings. The Labute approximate surface area is 190 Å². The van der Waals surface area contributed by atoms with Crippen LogP contribution in [0.2, 0.25) is 0 Å². The number of nitrogens with one attached hydrogen (secondary N) is 1. The molecular formula is C24H23N9. The third-order valence-corrected chi connectivity index (χ3v) is 5.91. The van der Waals surface area contributed by atoms with Gasteiger partial charge in [0.2, 0.25) is 5.95 Å². The molecule has 0 aromatic carbocycles. The van der Waals surface area contributed by atoms with E-state index in [1.165, 1.54) is 18.4 Å². The van der Waals surface area contributed by atoms with Crippen LogP contribution in [0.4, 0.5) is 11.8 Å². The number of hydrogen-bond acceptors (Lipinski definition) is 7. The van der Waals surface area contributed by atoms with Gasteiger partial charge in [0.25, 0.3) is 0 Å². The number of hydrogen-bond donors (Lipinski definition) is 1. The Bertz CT molecular complexity index is 1460. The lowest BCUT2D eigenvalue weighted by Gasteiger charge is -2.08. The number of pyridine rings is 2. The summed E-state index contributed by atoms with van der Waals surface area (Å²) in [5.74, 6) is 2.90. The molecule has 0 aliphatic heterocycles. The molecule has 1 N–H and O–H groups in total. The molecule has 0 bridgehead atoms. The van der Waals surface area contributed by atoms with Gasteiger partial charge in [0.1, 0.15) is 11.6 Å². The maximum absolute atomic E-state index is 4.73. The molecule has 5 aromatic rings. The van der Waals surface area contributed by atoms with Gasteiger partial charge >= 0.3 is 0 Å². The van der Waals surface area contributed by atoms with Crippen LogP contribution in [0.3, 0.4) is 0 Å². The summed E-state index contributed by atoms with van der Waals surface area (Å²) in [7, 11) is 1.86. The van der Waals surface area contributed by atoms with Gasteiger partial charge < -0.3 is 5.32 Å². The topological polar surface area (TPSA) is 98.7 Å². The fourth-order valence-corrected chi connectivity index (χ4v) is 4.08. The summed E-state index contributed by atoms with van der Waals surface area (Å²) in [5.41, 5.74) is 6.02. The summed E-state index contributed by atoms with van der Waals surface area (Å²) in [6.45, 7) is 2.06. The van der Waals surface area contributed by atoms with Crippen LogP contribution in [-0.2, 0) is 13.5 Å². The normalized spacial score (nSPS) is 13.5. The van der Waals surface area contributed by atoms with Crippen molar-refractivity contribution in [1.29, 1.82) is 0 Å². The Morgan fingerprint density at radius 1 is 1.03 bits per heavy atom. The zero-order chi connectivity index (χ0) is 22.4. The lowest BCUT2D eigenvalue weighted by atomic mass is 10.1. The predicted molar refractivity (Wildman–Crippen MR) is 124 cm³/mol. The largest absolute Gasteiger partial charge is 0.309 e. The summed E-state index contributed by atoms with van der Waals surface area (Å²) in [6, 6.07) is 12.2. The van der Waals surface area contributed by atoms with Gasteiger partial charge in [-0.15, -0.1) is 10.2 Å². The van der Waals surface area contributed by atoms with E-state index in [0.717, 1.165) is 39.9 Å². The highest BCUT2D eigenvalue weighted by Gasteiger charge is 2.24. The van der Waals surface area contributed by atoms with Crippen molar-refractivity contribution in [1.82, 2.24) is 39.3 Å². The summed E-state index contributed by atoms with van der Waals surface area (Å²) in [6.07, 6.45) is 8.66. The molecule has 0 unspecified atom stereocenters. The van der Waals surface area contributed by atoms with E-state index in [0.29, 0.717) is 18.3 Å². The van der Waals surface area contributed by atoms with Gasteiger partial charge in [0.05, 0.1) is 18.3 Å². The molecule has 0 atom stereocenters. The van der Waals surface area contributed by atoms with Gasteiger partial charge in [0, 0.05) is 42.5 Å². The molecule has 1 aliphatic carbocycles. The molecule has 9 nitrogen and oxygen atoms in total. The van der Waals surface area contributed by atoms with E-state index in [-0.39, 0.29) is 0 Å². The van der Waals surface area contributed by atoms with Crippen LogP contribution >= 0.6 is 0 Å². The lowest BCUT2D eigenvalue weighted by Crippen LogP contribution is -2.03. The molecular weight excluding hydrogens is 414 g/mol. The first kappa shape index (κ1) is 19.5. The van der Waals surface area contributed by atoms with Crippen molar-refractivity contribution in [3.63, 3.8) is 0 Å². The summed E-state index contributed by atoms with van der Waals surface area (Å²) in [4.78, 5) is 13.7. The number of rotatable bonds is 6. The zero-order valence-corrected chi connectivity index (χ0v) is 18.5. The number of nitrogens with zero attached hydrogens (tertiary/aromatic N) is 8. The van der Waals surface area contributed by atoms with Crippen molar-refractivity contribution in [2.24, 2.45) is 7.05 Å². The summed E-state index contributed by atoms with van der Waals surface area (Å²) in [5, 5.41) is 16.2. The number of aromatic nitrogens is 8. The molecule has 0 spiro atoms. The van der Waals surface area contributed by atoms with E-state index in [1.807, 2.05) is 41.9 Å². The van der Waals surface area contributed by atoms with Gasteiger partial charge in [0.15, 0.2) is 5.65 Å². The van der Waals surface area contributed by atoms with Gasteiger partial charge in [-0.05, 0) is 61.6 Å². The van der Waals surface area contributed by atoms with Crippen molar-refractivity contribution in [2.45, 2.75) is 32.1 Å². The molecule has 33 heavy (non-hydrogen) atoms. The van der Waals surface area contributed by atoms with E-state index in [9.17, 15) is 0 Å². The molecule has 9 heteroatoms. The van der Waals surface area contributed by atoms with E-state index in [2.05, 4.69) is 49.6 Å². The van der Waals surface area contributed by atoms with Crippen LogP contribution in [0.25, 0.3) is 16.9 Å². The van der Waals surface area contributed by atoms with Crippen molar-refractivity contribution < 1.29 is 0 Å². The first-order valence-electron chi connectivity index (χ1n) is 11.0. The lowest BCUT2D eigenvalue weighted by molar-refractivity contribution is 0.775. The second-order valence-electron chi connectivity index (χ2n) is 8.47. The predicted octanol–water partition coefficient (Wildman–Crippen LogP) is 3.84. The Kier molecular flexibility index (Phi) is 4.60. The maximum Gasteiger partial charge on any atom is 0.228 e. The highest BCUT2D eigenvalue weighted by atomic mass is 15.3. The van der Waals surface area contributed by atoms with Crippen LogP contribution in [0, 0.1) is 6.92 Å². The van der Waals surface area contributed by atoms with Crippen LogP contribution < -0.4 is 5.32 Å². The maximum atomic E-state index is 4.73. The summed E-state index contributed by atoms with van der Waals surface area (Å²) < 4.78 is 3.75. The van der Waals surface area contributed by atoms with Gasteiger partial charge in [-0.1, -0.05) is 0 Å². The molecule has 5 heterocycles. The average Bonchev–Trinajstić information content (AvgIpc) is 3.49.